The van der Waals surface area contributed by atoms with Crippen LogP contribution in [-0.2, 0) is 6.42 Å². The van der Waals surface area contributed by atoms with E-state index < -0.39 is 0 Å². The summed E-state index contributed by atoms with van der Waals surface area (Å²) in [6, 6.07) is 0. The van der Waals surface area contributed by atoms with Crippen LogP contribution in [0.25, 0.3) is 6.08 Å². The van der Waals surface area contributed by atoms with E-state index in [4.69, 9.17) is 0 Å². The van der Waals surface area contributed by atoms with Crippen molar-refractivity contribution in [2.24, 2.45) is 28.6 Å². The monoisotopic (exact) mass is 312 g/mol. The Labute approximate surface area is 138 Å². The second kappa shape index (κ2) is 4.50. The van der Waals surface area contributed by atoms with Gasteiger partial charge in [0.2, 0.25) is 0 Å². The third-order valence-corrected chi connectivity index (χ3v) is 8.31. The molecule has 0 spiro atoms. The normalized spacial score (nSPS) is 48.0. The van der Waals surface area contributed by atoms with Crippen molar-refractivity contribution in [3.8, 4) is 0 Å². The number of aliphatic hydroxyl groups excluding tert-OH is 1. The van der Waals surface area contributed by atoms with Gasteiger partial charge in [-0.1, -0.05) is 19.4 Å². The molecule has 23 heavy (non-hydrogen) atoms. The first-order valence-electron chi connectivity index (χ1n) is 9.44. The minimum Gasteiger partial charge on any atom is -0.393 e. The summed E-state index contributed by atoms with van der Waals surface area (Å²) in [4.78, 5) is 0. The standard InChI is InChI=1S/C20H28N2O/c1-19-8-7-16-14(15(19)5-6-18(19)23)4-3-13-9-17-12(11-21-22-17)10-20(13,16)2/h9,11,14-16,18,23H,3-8,10H2,1-2H3,(H,21,22)/t14-,15-,16-,18-,19-,20-/m0/s1. The topological polar surface area (TPSA) is 48.9 Å². The van der Waals surface area contributed by atoms with Crippen LogP contribution < -0.4 is 0 Å². The van der Waals surface area contributed by atoms with Crippen LogP contribution in [0.5, 0.6) is 0 Å². The largest absolute Gasteiger partial charge is 0.393 e. The molecule has 0 radical (unpaired) electrons. The Morgan fingerprint density at radius 2 is 2.04 bits per heavy atom. The van der Waals surface area contributed by atoms with E-state index in [0.717, 1.165) is 30.6 Å². The molecule has 0 unspecified atom stereocenters. The maximum Gasteiger partial charge on any atom is 0.0609 e. The maximum absolute atomic E-state index is 10.5. The summed E-state index contributed by atoms with van der Waals surface area (Å²) in [5, 5.41) is 18.0. The second-order valence-corrected chi connectivity index (χ2v) is 9.13. The van der Waals surface area contributed by atoms with Gasteiger partial charge in [-0.3, -0.25) is 5.10 Å². The zero-order valence-corrected chi connectivity index (χ0v) is 14.3. The predicted molar refractivity (Wildman–Crippen MR) is 90.7 cm³/mol. The Morgan fingerprint density at radius 3 is 2.91 bits per heavy atom. The molecule has 2 N–H and O–H groups in total. The van der Waals surface area contributed by atoms with Crippen LogP contribution in [0.4, 0.5) is 0 Å². The first-order chi connectivity index (χ1) is 11.0. The Morgan fingerprint density at radius 1 is 1.17 bits per heavy atom. The van der Waals surface area contributed by atoms with E-state index in [1.54, 1.807) is 5.57 Å². The molecule has 1 aromatic heterocycles. The van der Waals surface area contributed by atoms with Crippen LogP contribution in [0.2, 0.25) is 0 Å². The number of nitrogens with zero attached hydrogens (tertiary/aromatic N) is 1. The van der Waals surface area contributed by atoms with E-state index in [1.165, 1.54) is 43.4 Å². The van der Waals surface area contributed by atoms with Crippen molar-refractivity contribution < 1.29 is 5.11 Å². The molecule has 124 valence electrons. The van der Waals surface area contributed by atoms with Crippen LogP contribution in [-0.4, -0.2) is 21.4 Å². The highest BCUT2D eigenvalue weighted by Gasteiger charge is 2.58. The number of rotatable bonds is 0. The SMILES string of the molecule is C[C@]12CC[C@H]3[C@@H](CCC4=Cc5[nH]ncc5C[C@@]43C)[C@@H]1CC[C@@H]2O. The van der Waals surface area contributed by atoms with Crippen LogP contribution in [0.15, 0.2) is 11.8 Å². The molecule has 3 saturated carbocycles. The molecule has 4 aliphatic rings. The van der Waals surface area contributed by atoms with Gasteiger partial charge in [-0.05, 0) is 85.2 Å². The third kappa shape index (κ3) is 1.72. The maximum atomic E-state index is 10.5. The summed E-state index contributed by atoms with van der Waals surface area (Å²) in [7, 11) is 0. The number of allylic oxidation sites excluding steroid dienone is 1. The lowest BCUT2D eigenvalue weighted by molar-refractivity contribution is -0.0703. The summed E-state index contributed by atoms with van der Waals surface area (Å²) in [5.41, 5.74) is 4.80. The summed E-state index contributed by atoms with van der Waals surface area (Å²) in [5.74, 6) is 2.33. The molecule has 4 aliphatic carbocycles. The van der Waals surface area contributed by atoms with Gasteiger partial charge in [-0.2, -0.15) is 5.10 Å². The summed E-state index contributed by atoms with van der Waals surface area (Å²) in [6.07, 6.45) is 12.8. The fourth-order valence-corrected chi connectivity index (χ4v) is 6.94. The van der Waals surface area contributed by atoms with Crippen LogP contribution in [0, 0.1) is 28.6 Å². The molecule has 0 bridgehead atoms. The van der Waals surface area contributed by atoms with Crippen molar-refractivity contribution in [1.82, 2.24) is 10.2 Å². The number of aliphatic hydroxyl groups is 1. The number of hydrogen-bond donors (Lipinski definition) is 2. The fourth-order valence-electron chi connectivity index (χ4n) is 6.94. The molecule has 5 rings (SSSR count). The lowest BCUT2D eigenvalue weighted by Crippen LogP contribution is -2.51. The third-order valence-electron chi connectivity index (χ3n) is 8.31. The summed E-state index contributed by atoms with van der Waals surface area (Å²) >= 11 is 0. The molecule has 1 aromatic rings. The van der Waals surface area contributed by atoms with Crippen LogP contribution in [0.1, 0.15) is 63.6 Å². The molecule has 0 amide bonds. The average molecular weight is 312 g/mol. The zero-order chi connectivity index (χ0) is 15.8. The lowest BCUT2D eigenvalue weighted by atomic mass is 9.47. The minimum absolute atomic E-state index is 0.0648. The van der Waals surface area contributed by atoms with E-state index in [-0.39, 0.29) is 11.5 Å². The van der Waals surface area contributed by atoms with Gasteiger partial charge in [-0.25, -0.2) is 0 Å². The molecule has 0 aliphatic heterocycles. The first kappa shape index (κ1) is 14.3. The molecule has 0 aromatic carbocycles. The Balaban J connectivity index is 1.53. The van der Waals surface area contributed by atoms with Gasteiger partial charge >= 0.3 is 0 Å². The van der Waals surface area contributed by atoms with E-state index in [1.807, 2.05) is 6.20 Å². The highest BCUT2D eigenvalue weighted by atomic mass is 16.3. The van der Waals surface area contributed by atoms with Crippen LogP contribution in [0.3, 0.4) is 0 Å². The molecule has 3 nitrogen and oxygen atoms in total. The quantitative estimate of drug-likeness (QED) is 0.762. The summed E-state index contributed by atoms with van der Waals surface area (Å²) < 4.78 is 0. The van der Waals surface area contributed by atoms with Gasteiger partial charge in [-0.15, -0.1) is 0 Å². The predicted octanol–water partition coefficient (Wildman–Crippen LogP) is 3.95. The van der Waals surface area contributed by atoms with Crippen molar-refractivity contribution in [3.05, 3.63) is 23.0 Å². The highest BCUT2D eigenvalue weighted by Crippen LogP contribution is 2.65. The Bertz CT molecular complexity index is 677. The van der Waals surface area contributed by atoms with Crippen molar-refractivity contribution in [2.75, 3.05) is 0 Å². The molecule has 6 atom stereocenters. The number of fused-ring (bicyclic) bond motifs is 6. The Kier molecular flexibility index (Phi) is 2.79. The first-order valence-corrected chi connectivity index (χ1v) is 9.44. The van der Waals surface area contributed by atoms with Crippen molar-refractivity contribution >= 4 is 6.08 Å². The zero-order valence-electron chi connectivity index (χ0n) is 14.3. The number of hydrogen-bond acceptors (Lipinski definition) is 2. The highest BCUT2D eigenvalue weighted by molar-refractivity contribution is 5.58. The second-order valence-electron chi connectivity index (χ2n) is 9.13. The number of nitrogens with one attached hydrogen (secondary N) is 1. The number of H-pyrrole nitrogens is 1. The average Bonchev–Trinajstić information content (AvgIpc) is 3.08. The van der Waals surface area contributed by atoms with E-state index in [0.29, 0.717) is 5.41 Å². The molecule has 0 saturated heterocycles. The van der Waals surface area contributed by atoms with Gasteiger partial charge in [0.15, 0.2) is 0 Å². The van der Waals surface area contributed by atoms with Gasteiger partial charge in [0.05, 0.1) is 18.0 Å². The van der Waals surface area contributed by atoms with Crippen LogP contribution >= 0.6 is 0 Å². The molecule has 3 heteroatoms. The number of aromatic amines is 1. The van der Waals surface area contributed by atoms with Crippen molar-refractivity contribution in [1.29, 1.82) is 0 Å². The van der Waals surface area contributed by atoms with Gasteiger partial charge in [0.1, 0.15) is 0 Å². The van der Waals surface area contributed by atoms with E-state index in [9.17, 15) is 5.11 Å². The molecule has 3 fully saturated rings. The van der Waals surface area contributed by atoms with E-state index >= 15 is 0 Å². The van der Waals surface area contributed by atoms with Crippen molar-refractivity contribution in [3.63, 3.8) is 0 Å². The van der Waals surface area contributed by atoms with E-state index in [2.05, 4.69) is 30.1 Å². The molecule has 1 heterocycles. The smallest absolute Gasteiger partial charge is 0.0609 e. The molecular formula is C20H28N2O. The van der Waals surface area contributed by atoms with Gasteiger partial charge in [0.25, 0.3) is 0 Å². The van der Waals surface area contributed by atoms with Gasteiger partial charge < -0.3 is 5.11 Å². The summed E-state index contributed by atoms with van der Waals surface area (Å²) in [6.45, 7) is 4.88. The molecular weight excluding hydrogens is 284 g/mol. The fraction of sp³-hybridized carbons (Fsp3) is 0.750. The Hall–Kier alpha value is -1.09. The number of aromatic nitrogens is 2. The minimum atomic E-state index is -0.0648. The lowest BCUT2D eigenvalue weighted by Gasteiger charge is -2.57. The van der Waals surface area contributed by atoms with Crippen molar-refractivity contribution in [2.45, 2.75) is 64.9 Å². The van der Waals surface area contributed by atoms with Gasteiger partial charge in [0, 0.05) is 0 Å².